The van der Waals surface area contributed by atoms with Crippen LogP contribution in [-0.4, -0.2) is 22.6 Å². The third-order valence-electron chi connectivity index (χ3n) is 3.39. The molecule has 2 aromatic heterocycles. The van der Waals surface area contributed by atoms with Crippen LogP contribution in [0.5, 0.6) is 0 Å². The lowest BCUT2D eigenvalue weighted by molar-refractivity contribution is 0.0907. The van der Waals surface area contributed by atoms with E-state index < -0.39 is 6.04 Å². The molecular formula is C17H16N2O3S. The predicted molar refractivity (Wildman–Crippen MR) is 88.3 cm³/mol. The van der Waals surface area contributed by atoms with Crippen molar-refractivity contribution >= 4 is 17.2 Å². The predicted octanol–water partition coefficient (Wildman–Crippen LogP) is 3.17. The fourth-order valence-corrected chi connectivity index (χ4v) is 2.99. The van der Waals surface area contributed by atoms with E-state index in [-0.39, 0.29) is 12.5 Å². The number of carbonyl (C=O) groups excluding carboxylic acids is 1. The summed E-state index contributed by atoms with van der Waals surface area (Å²) in [6, 6.07) is 10.1. The van der Waals surface area contributed by atoms with E-state index in [2.05, 4.69) is 10.3 Å². The Morgan fingerprint density at radius 2 is 2.13 bits per heavy atom. The first-order valence-electron chi connectivity index (χ1n) is 7.15. The molecule has 0 aliphatic carbocycles. The van der Waals surface area contributed by atoms with E-state index in [0.29, 0.717) is 11.3 Å². The zero-order valence-electron chi connectivity index (χ0n) is 12.5. The normalized spacial score (nSPS) is 12.1. The molecule has 0 spiro atoms. The quantitative estimate of drug-likeness (QED) is 0.754. The van der Waals surface area contributed by atoms with Crippen molar-refractivity contribution in [1.82, 2.24) is 10.3 Å². The van der Waals surface area contributed by atoms with Gasteiger partial charge in [0.2, 0.25) is 0 Å². The summed E-state index contributed by atoms with van der Waals surface area (Å²) < 4.78 is 5.22. The Morgan fingerprint density at radius 1 is 1.35 bits per heavy atom. The van der Waals surface area contributed by atoms with Gasteiger partial charge < -0.3 is 14.8 Å². The Kier molecular flexibility index (Phi) is 4.55. The molecule has 1 atom stereocenters. The number of aliphatic hydroxyl groups is 1. The number of aromatic nitrogens is 1. The van der Waals surface area contributed by atoms with Crippen LogP contribution in [0.1, 0.15) is 27.9 Å². The molecule has 3 aromatic rings. The highest BCUT2D eigenvalue weighted by Crippen LogP contribution is 2.24. The second kappa shape index (κ2) is 6.76. The number of hydrogen-bond acceptors (Lipinski definition) is 5. The molecule has 118 valence electrons. The average Bonchev–Trinajstić information content (AvgIpc) is 3.24. The first-order valence-corrected chi connectivity index (χ1v) is 8.03. The van der Waals surface area contributed by atoms with Crippen molar-refractivity contribution in [2.75, 3.05) is 6.61 Å². The Morgan fingerprint density at radius 3 is 2.70 bits per heavy atom. The molecule has 1 amide bonds. The SMILES string of the molecule is Cc1csc(-c2ccc(C(=O)NC(CO)c3ccco3)cc2)n1. The number of nitrogens with one attached hydrogen (secondary N) is 1. The maximum Gasteiger partial charge on any atom is 0.251 e. The number of amides is 1. The molecule has 23 heavy (non-hydrogen) atoms. The maximum absolute atomic E-state index is 12.3. The van der Waals surface area contributed by atoms with E-state index in [0.717, 1.165) is 16.3 Å². The van der Waals surface area contributed by atoms with Gasteiger partial charge in [0.15, 0.2) is 0 Å². The summed E-state index contributed by atoms with van der Waals surface area (Å²) in [4.78, 5) is 16.7. The van der Waals surface area contributed by atoms with E-state index in [4.69, 9.17) is 4.42 Å². The third kappa shape index (κ3) is 3.49. The van der Waals surface area contributed by atoms with Crippen LogP contribution in [0.3, 0.4) is 0 Å². The molecular weight excluding hydrogens is 312 g/mol. The Balaban J connectivity index is 1.72. The summed E-state index contributed by atoms with van der Waals surface area (Å²) in [5.74, 6) is 0.262. The van der Waals surface area contributed by atoms with Crippen LogP contribution >= 0.6 is 11.3 Å². The Bertz CT molecular complexity index is 779. The van der Waals surface area contributed by atoms with Gasteiger partial charge in [-0.2, -0.15) is 0 Å². The van der Waals surface area contributed by atoms with Gasteiger partial charge in [-0.15, -0.1) is 11.3 Å². The highest BCUT2D eigenvalue weighted by atomic mass is 32.1. The highest BCUT2D eigenvalue weighted by Gasteiger charge is 2.17. The van der Waals surface area contributed by atoms with Crippen LogP contribution in [0.4, 0.5) is 0 Å². The van der Waals surface area contributed by atoms with Gasteiger partial charge >= 0.3 is 0 Å². The summed E-state index contributed by atoms with van der Waals surface area (Å²) in [7, 11) is 0. The Labute approximate surface area is 137 Å². The lowest BCUT2D eigenvalue weighted by Crippen LogP contribution is -2.30. The van der Waals surface area contributed by atoms with Crippen molar-refractivity contribution in [2.45, 2.75) is 13.0 Å². The molecule has 0 aliphatic heterocycles. The summed E-state index contributed by atoms with van der Waals surface area (Å²) in [5.41, 5.74) is 2.48. The van der Waals surface area contributed by atoms with Crippen molar-refractivity contribution in [1.29, 1.82) is 0 Å². The smallest absolute Gasteiger partial charge is 0.251 e. The Hall–Kier alpha value is -2.44. The van der Waals surface area contributed by atoms with Crippen molar-refractivity contribution in [3.8, 4) is 10.6 Å². The van der Waals surface area contributed by atoms with Crippen LogP contribution in [0.2, 0.25) is 0 Å². The number of nitrogens with zero attached hydrogens (tertiary/aromatic N) is 1. The molecule has 1 aromatic carbocycles. The molecule has 0 saturated carbocycles. The second-order valence-corrected chi connectivity index (χ2v) is 5.95. The molecule has 0 bridgehead atoms. The summed E-state index contributed by atoms with van der Waals surface area (Å²) in [6.45, 7) is 1.72. The zero-order chi connectivity index (χ0) is 16.2. The molecule has 5 nitrogen and oxygen atoms in total. The van der Waals surface area contributed by atoms with Crippen LogP contribution in [0.25, 0.3) is 10.6 Å². The van der Waals surface area contributed by atoms with Crippen molar-refractivity contribution in [2.24, 2.45) is 0 Å². The average molecular weight is 328 g/mol. The van der Waals surface area contributed by atoms with E-state index in [1.54, 1.807) is 35.6 Å². The standard InChI is InChI=1S/C17H16N2O3S/c1-11-10-23-17(18-11)13-6-4-12(5-7-13)16(21)19-14(9-20)15-3-2-8-22-15/h2-8,10,14,20H,9H2,1H3,(H,19,21). The monoisotopic (exact) mass is 328 g/mol. The lowest BCUT2D eigenvalue weighted by atomic mass is 10.1. The van der Waals surface area contributed by atoms with Gasteiger partial charge in [0.05, 0.1) is 12.9 Å². The van der Waals surface area contributed by atoms with Gasteiger partial charge in [0.25, 0.3) is 5.91 Å². The molecule has 2 heterocycles. The number of aliphatic hydroxyl groups excluding tert-OH is 1. The minimum absolute atomic E-state index is 0.226. The zero-order valence-corrected chi connectivity index (χ0v) is 13.3. The fraction of sp³-hybridized carbons (Fsp3) is 0.176. The van der Waals surface area contributed by atoms with Crippen molar-refractivity contribution in [3.63, 3.8) is 0 Å². The van der Waals surface area contributed by atoms with E-state index in [9.17, 15) is 9.90 Å². The van der Waals surface area contributed by atoms with Crippen LogP contribution in [0.15, 0.2) is 52.5 Å². The number of thiazole rings is 1. The second-order valence-electron chi connectivity index (χ2n) is 5.10. The fourth-order valence-electron chi connectivity index (χ4n) is 2.19. The number of rotatable bonds is 5. The van der Waals surface area contributed by atoms with E-state index in [1.165, 1.54) is 6.26 Å². The lowest BCUT2D eigenvalue weighted by Gasteiger charge is -2.14. The third-order valence-corrected chi connectivity index (χ3v) is 4.40. The minimum atomic E-state index is -0.557. The molecule has 1 unspecified atom stereocenters. The highest BCUT2D eigenvalue weighted by molar-refractivity contribution is 7.13. The van der Waals surface area contributed by atoms with Crippen molar-refractivity contribution < 1.29 is 14.3 Å². The largest absolute Gasteiger partial charge is 0.467 e. The first kappa shape index (κ1) is 15.5. The molecule has 3 rings (SSSR count). The minimum Gasteiger partial charge on any atom is -0.467 e. The van der Waals surface area contributed by atoms with Crippen molar-refractivity contribution in [3.05, 3.63) is 65.1 Å². The molecule has 6 heteroatoms. The van der Waals surface area contributed by atoms with Gasteiger partial charge in [-0.05, 0) is 31.2 Å². The molecule has 0 aliphatic rings. The molecule has 0 saturated heterocycles. The molecule has 2 N–H and O–H groups in total. The molecule has 0 radical (unpaired) electrons. The van der Waals surface area contributed by atoms with Gasteiger partial charge in [0.1, 0.15) is 16.8 Å². The number of carbonyl (C=O) groups is 1. The number of benzene rings is 1. The van der Waals surface area contributed by atoms with Gasteiger partial charge in [-0.25, -0.2) is 4.98 Å². The van der Waals surface area contributed by atoms with Gasteiger partial charge in [0, 0.05) is 22.2 Å². The van der Waals surface area contributed by atoms with Crippen LogP contribution in [0, 0.1) is 6.92 Å². The summed E-state index contributed by atoms with van der Waals surface area (Å²) in [5, 5.41) is 15.1. The topological polar surface area (TPSA) is 75.4 Å². The van der Waals surface area contributed by atoms with Gasteiger partial charge in [-0.1, -0.05) is 12.1 Å². The molecule has 0 fully saturated rings. The number of aryl methyl sites for hydroxylation is 1. The van der Waals surface area contributed by atoms with Crippen LogP contribution < -0.4 is 5.32 Å². The van der Waals surface area contributed by atoms with Crippen LogP contribution in [-0.2, 0) is 0 Å². The van der Waals surface area contributed by atoms with E-state index in [1.807, 2.05) is 24.4 Å². The maximum atomic E-state index is 12.3. The van der Waals surface area contributed by atoms with Gasteiger partial charge in [-0.3, -0.25) is 4.79 Å². The van der Waals surface area contributed by atoms with E-state index >= 15 is 0 Å². The number of hydrogen-bond donors (Lipinski definition) is 2. The first-order chi connectivity index (χ1) is 11.2. The summed E-state index contributed by atoms with van der Waals surface area (Å²) in [6.07, 6.45) is 1.51. The summed E-state index contributed by atoms with van der Waals surface area (Å²) >= 11 is 1.57. The number of furan rings is 1.